The van der Waals surface area contributed by atoms with E-state index in [1.807, 2.05) is 20.9 Å². The normalized spacial score (nSPS) is 15.4. The summed E-state index contributed by atoms with van der Waals surface area (Å²) in [5, 5.41) is 4.39. The maximum absolute atomic E-state index is 13.0. The van der Waals surface area contributed by atoms with Gasteiger partial charge in [0.15, 0.2) is 6.10 Å². The first kappa shape index (κ1) is 20.2. The molecule has 1 saturated carbocycles. The van der Waals surface area contributed by atoms with Crippen LogP contribution in [0.1, 0.15) is 42.3 Å². The second-order valence-corrected chi connectivity index (χ2v) is 7.26. The molecule has 0 N–H and O–H groups in total. The lowest BCUT2D eigenvalue weighted by molar-refractivity contribution is -0.139. The SMILES string of the molecule is Cc1nn(C)c(C)c1CN(C(=O)[C@@H](C)Oc1cccc(C(F)(F)F)c1)C1CC1. The van der Waals surface area contributed by atoms with Gasteiger partial charge in [0.1, 0.15) is 5.75 Å². The van der Waals surface area contributed by atoms with Crippen molar-refractivity contribution in [3.8, 4) is 5.75 Å². The Morgan fingerprint density at radius 3 is 2.57 bits per heavy atom. The van der Waals surface area contributed by atoms with E-state index in [0.717, 1.165) is 41.9 Å². The maximum atomic E-state index is 13.0. The highest BCUT2D eigenvalue weighted by molar-refractivity contribution is 5.81. The van der Waals surface area contributed by atoms with E-state index >= 15 is 0 Å². The highest BCUT2D eigenvalue weighted by atomic mass is 19.4. The summed E-state index contributed by atoms with van der Waals surface area (Å²) in [6.45, 7) is 5.85. The van der Waals surface area contributed by atoms with Crippen molar-refractivity contribution < 1.29 is 22.7 Å². The van der Waals surface area contributed by atoms with E-state index in [4.69, 9.17) is 4.74 Å². The third-order valence-corrected chi connectivity index (χ3v) is 5.08. The number of aromatic nitrogens is 2. The fourth-order valence-electron chi connectivity index (χ4n) is 3.22. The molecule has 1 aromatic carbocycles. The van der Waals surface area contributed by atoms with E-state index in [1.165, 1.54) is 12.1 Å². The molecule has 1 atom stereocenters. The highest BCUT2D eigenvalue weighted by Gasteiger charge is 2.36. The molecule has 0 spiro atoms. The van der Waals surface area contributed by atoms with Crippen LogP contribution in [0.25, 0.3) is 0 Å². The summed E-state index contributed by atoms with van der Waals surface area (Å²) >= 11 is 0. The molecule has 1 fully saturated rings. The number of ether oxygens (including phenoxy) is 1. The zero-order chi connectivity index (χ0) is 20.6. The van der Waals surface area contributed by atoms with Gasteiger partial charge in [0.25, 0.3) is 5.91 Å². The van der Waals surface area contributed by atoms with Crippen molar-refractivity contribution in [2.45, 2.75) is 58.5 Å². The van der Waals surface area contributed by atoms with Gasteiger partial charge in [-0.15, -0.1) is 0 Å². The highest BCUT2D eigenvalue weighted by Crippen LogP contribution is 2.33. The molecule has 3 rings (SSSR count). The van der Waals surface area contributed by atoms with Crippen molar-refractivity contribution in [1.82, 2.24) is 14.7 Å². The molecule has 8 heteroatoms. The summed E-state index contributed by atoms with van der Waals surface area (Å²) in [5.41, 5.74) is 2.05. The third-order valence-electron chi connectivity index (χ3n) is 5.08. The number of hydrogen-bond donors (Lipinski definition) is 0. The van der Waals surface area contributed by atoms with Crippen LogP contribution in [0.2, 0.25) is 0 Å². The number of nitrogens with zero attached hydrogens (tertiary/aromatic N) is 3. The number of amides is 1. The number of alkyl halides is 3. The second-order valence-electron chi connectivity index (χ2n) is 7.26. The summed E-state index contributed by atoms with van der Waals surface area (Å²) in [6.07, 6.45) is -3.51. The summed E-state index contributed by atoms with van der Waals surface area (Å²) < 4.78 is 46.0. The lowest BCUT2D eigenvalue weighted by Crippen LogP contribution is -2.41. The molecule has 5 nitrogen and oxygen atoms in total. The maximum Gasteiger partial charge on any atom is 0.416 e. The Morgan fingerprint density at radius 1 is 1.36 bits per heavy atom. The molecule has 1 aliphatic rings. The van der Waals surface area contributed by atoms with Gasteiger partial charge in [0.05, 0.1) is 11.3 Å². The van der Waals surface area contributed by atoms with Crippen molar-refractivity contribution in [2.24, 2.45) is 7.05 Å². The molecule has 0 radical (unpaired) electrons. The van der Waals surface area contributed by atoms with E-state index in [1.54, 1.807) is 16.5 Å². The van der Waals surface area contributed by atoms with Crippen LogP contribution in [-0.2, 0) is 24.6 Å². The van der Waals surface area contributed by atoms with Gasteiger partial charge in [0.2, 0.25) is 0 Å². The smallest absolute Gasteiger partial charge is 0.416 e. The lowest BCUT2D eigenvalue weighted by Gasteiger charge is -2.26. The minimum atomic E-state index is -4.46. The zero-order valence-corrected chi connectivity index (χ0v) is 16.4. The van der Waals surface area contributed by atoms with Crippen molar-refractivity contribution in [1.29, 1.82) is 0 Å². The topological polar surface area (TPSA) is 47.4 Å². The number of carbonyl (C=O) groups excluding carboxylic acids is 1. The number of rotatable bonds is 6. The quantitative estimate of drug-likeness (QED) is 0.742. The zero-order valence-electron chi connectivity index (χ0n) is 16.4. The van der Waals surface area contributed by atoms with Crippen LogP contribution in [0.4, 0.5) is 13.2 Å². The second kappa shape index (κ2) is 7.48. The number of hydrogen-bond acceptors (Lipinski definition) is 3. The molecule has 1 aromatic heterocycles. The molecule has 0 saturated heterocycles. The van der Waals surface area contributed by atoms with Crippen molar-refractivity contribution >= 4 is 5.91 Å². The van der Waals surface area contributed by atoms with E-state index in [9.17, 15) is 18.0 Å². The average molecular weight is 395 g/mol. The first-order valence-electron chi connectivity index (χ1n) is 9.21. The minimum Gasteiger partial charge on any atom is -0.481 e. The van der Waals surface area contributed by atoms with Crippen LogP contribution in [0, 0.1) is 13.8 Å². The van der Waals surface area contributed by atoms with E-state index in [0.29, 0.717) is 6.54 Å². The van der Waals surface area contributed by atoms with Gasteiger partial charge in [-0.1, -0.05) is 6.07 Å². The molecule has 28 heavy (non-hydrogen) atoms. The fourth-order valence-corrected chi connectivity index (χ4v) is 3.22. The lowest BCUT2D eigenvalue weighted by atomic mass is 10.1. The molecule has 0 unspecified atom stereocenters. The molecule has 1 aliphatic carbocycles. The molecular formula is C20H24F3N3O2. The van der Waals surface area contributed by atoms with Gasteiger partial charge in [-0.2, -0.15) is 18.3 Å². The van der Waals surface area contributed by atoms with Gasteiger partial charge in [-0.05, 0) is 51.8 Å². The number of halogens is 3. The van der Waals surface area contributed by atoms with E-state index in [2.05, 4.69) is 5.10 Å². The largest absolute Gasteiger partial charge is 0.481 e. The van der Waals surface area contributed by atoms with Crippen LogP contribution >= 0.6 is 0 Å². The van der Waals surface area contributed by atoms with E-state index < -0.39 is 17.8 Å². The van der Waals surface area contributed by atoms with Gasteiger partial charge >= 0.3 is 6.18 Å². The average Bonchev–Trinajstić information content (AvgIpc) is 3.42. The van der Waals surface area contributed by atoms with Gasteiger partial charge < -0.3 is 9.64 Å². The molecule has 1 heterocycles. The van der Waals surface area contributed by atoms with Crippen LogP contribution in [-0.4, -0.2) is 32.7 Å². The third kappa shape index (κ3) is 4.31. The summed E-state index contributed by atoms with van der Waals surface area (Å²) in [4.78, 5) is 14.8. The van der Waals surface area contributed by atoms with Crippen LogP contribution in [0.5, 0.6) is 5.75 Å². The standard InChI is InChI=1S/C20H24F3N3O2/c1-12-18(13(2)25(4)24-12)11-26(16-8-9-16)19(27)14(3)28-17-7-5-6-15(10-17)20(21,22)23/h5-7,10,14,16H,8-9,11H2,1-4H3/t14-/m1/s1. The Labute approximate surface area is 162 Å². The number of aryl methyl sites for hydroxylation is 2. The molecule has 2 aromatic rings. The van der Waals surface area contributed by atoms with Crippen LogP contribution in [0.3, 0.4) is 0 Å². The molecular weight excluding hydrogens is 371 g/mol. The summed E-state index contributed by atoms with van der Waals surface area (Å²) in [6, 6.07) is 4.73. The Morgan fingerprint density at radius 2 is 2.04 bits per heavy atom. The molecule has 152 valence electrons. The van der Waals surface area contributed by atoms with Crippen LogP contribution in [0.15, 0.2) is 24.3 Å². The molecule has 0 aliphatic heterocycles. The van der Waals surface area contributed by atoms with Crippen LogP contribution < -0.4 is 4.74 Å². The fraction of sp³-hybridized carbons (Fsp3) is 0.500. The van der Waals surface area contributed by atoms with Crippen molar-refractivity contribution in [3.05, 3.63) is 46.8 Å². The first-order valence-corrected chi connectivity index (χ1v) is 9.21. The predicted octanol–water partition coefficient (Wildman–Crippen LogP) is 4.01. The molecule has 1 amide bonds. The first-order chi connectivity index (χ1) is 13.1. The Kier molecular flexibility index (Phi) is 5.41. The monoisotopic (exact) mass is 395 g/mol. The van der Waals surface area contributed by atoms with Gasteiger partial charge in [0, 0.05) is 30.9 Å². The Balaban J connectivity index is 1.75. The Hall–Kier alpha value is -2.51. The Bertz CT molecular complexity index is 872. The number of carbonyl (C=O) groups is 1. The number of benzene rings is 1. The summed E-state index contributed by atoms with van der Waals surface area (Å²) in [7, 11) is 1.86. The minimum absolute atomic E-state index is 0.0279. The molecule has 0 bridgehead atoms. The van der Waals surface area contributed by atoms with Crippen molar-refractivity contribution in [3.63, 3.8) is 0 Å². The van der Waals surface area contributed by atoms with Gasteiger partial charge in [-0.3, -0.25) is 9.48 Å². The van der Waals surface area contributed by atoms with E-state index in [-0.39, 0.29) is 17.7 Å². The van der Waals surface area contributed by atoms with Crippen molar-refractivity contribution in [2.75, 3.05) is 0 Å². The van der Waals surface area contributed by atoms with Gasteiger partial charge in [-0.25, -0.2) is 0 Å². The summed E-state index contributed by atoms with van der Waals surface area (Å²) in [5.74, 6) is -0.206. The predicted molar refractivity (Wildman–Crippen MR) is 97.8 cm³/mol.